The molecule has 0 spiro atoms. The summed E-state index contributed by atoms with van der Waals surface area (Å²) in [7, 11) is 0. The van der Waals surface area contributed by atoms with Crippen molar-refractivity contribution in [2.75, 3.05) is 0 Å². The maximum Gasteiger partial charge on any atom is 0.330 e. The van der Waals surface area contributed by atoms with E-state index in [2.05, 4.69) is 32.1 Å². The second kappa shape index (κ2) is 7.26. The van der Waals surface area contributed by atoms with Gasteiger partial charge < -0.3 is 4.57 Å². The fraction of sp³-hybridized carbons (Fsp3) is 0.533. The van der Waals surface area contributed by atoms with Gasteiger partial charge in [0, 0.05) is 13.1 Å². The third-order valence-electron chi connectivity index (χ3n) is 3.92. The van der Waals surface area contributed by atoms with E-state index in [1.165, 1.54) is 11.8 Å². The first kappa shape index (κ1) is 17.5. The summed E-state index contributed by atoms with van der Waals surface area (Å²) in [5.41, 5.74) is 0.0911. The van der Waals surface area contributed by atoms with Crippen LogP contribution in [0.4, 0.5) is 0 Å². The molecular formula is C15H21N7O2S. The van der Waals surface area contributed by atoms with Crippen LogP contribution in [-0.2, 0) is 18.8 Å². The molecule has 0 aliphatic carbocycles. The molecule has 0 unspecified atom stereocenters. The van der Waals surface area contributed by atoms with Gasteiger partial charge in [0.15, 0.2) is 11.2 Å². The average Bonchev–Trinajstić information content (AvgIpc) is 3.16. The predicted octanol–water partition coefficient (Wildman–Crippen LogP) is 1.43. The van der Waals surface area contributed by atoms with Crippen molar-refractivity contribution >= 4 is 22.9 Å². The number of aromatic amines is 2. The largest absolute Gasteiger partial charge is 0.330 e. The Hall–Kier alpha value is -2.36. The number of aromatic nitrogens is 7. The van der Waals surface area contributed by atoms with E-state index in [4.69, 9.17) is 0 Å². The number of fused-ring (bicyclic) bond motifs is 1. The van der Waals surface area contributed by atoms with Gasteiger partial charge in [-0.15, -0.1) is 5.10 Å². The SMILES string of the molecule is CCCCn1c(=O)[nH]c(=O)c2c1nc(CSc1n[nH]c(C)n1)n2CC. The Bertz CT molecular complexity index is 998. The molecule has 0 radical (unpaired) electrons. The lowest BCUT2D eigenvalue weighted by atomic mass is 10.3. The number of hydrogen-bond donors (Lipinski definition) is 2. The van der Waals surface area contributed by atoms with Gasteiger partial charge in [-0.25, -0.2) is 14.8 Å². The molecule has 3 rings (SSSR count). The Kier molecular flexibility index (Phi) is 5.07. The quantitative estimate of drug-likeness (QED) is 0.614. The van der Waals surface area contributed by atoms with Crippen molar-refractivity contribution < 1.29 is 0 Å². The number of rotatable bonds is 7. The lowest BCUT2D eigenvalue weighted by molar-refractivity contribution is 0.613. The molecule has 0 atom stereocenters. The molecule has 0 bridgehead atoms. The highest BCUT2D eigenvalue weighted by atomic mass is 32.2. The number of nitrogens with one attached hydrogen (secondary N) is 2. The zero-order chi connectivity index (χ0) is 18.0. The van der Waals surface area contributed by atoms with Crippen LogP contribution in [0.1, 0.15) is 38.3 Å². The molecule has 3 aromatic rings. The molecule has 3 heterocycles. The average molecular weight is 363 g/mol. The second-order valence-electron chi connectivity index (χ2n) is 5.70. The molecule has 0 amide bonds. The van der Waals surface area contributed by atoms with Gasteiger partial charge in [0.1, 0.15) is 11.6 Å². The van der Waals surface area contributed by atoms with Crippen molar-refractivity contribution in [1.82, 2.24) is 34.3 Å². The Balaban J connectivity index is 2.05. The summed E-state index contributed by atoms with van der Waals surface area (Å²) >= 11 is 1.44. The van der Waals surface area contributed by atoms with E-state index in [-0.39, 0.29) is 0 Å². The Labute approximate surface area is 147 Å². The number of aryl methyl sites for hydroxylation is 3. The van der Waals surface area contributed by atoms with Crippen LogP contribution in [-0.4, -0.2) is 34.3 Å². The van der Waals surface area contributed by atoms with Crippen molar-refractivity contribution in [3.8, 4) is 0 Å². The summed E-state index contributed by atoms with van der Waals surface area (Å²) in [4.78, 5) is 35.8. The minimum atomic E-state index is -0.407. The Morgan fingerprint density at radius 2 is 1.96 bits per heavy atom. The molecule has 3 aromatic heterocycles. The molecule has 0 aliphatic heterocycles. The molecule has 134 valence electrons. The first-order valence-corrected chi connectivity index (χ1v) is 9.27. The molecule has 0 fully saturated rings. The fourth-order valence-electron chi connectivity index (χ4n) is 2.71. The monoisotopic (exact) mass is 363 g/mol. The maximum atomic E-state index is 12.3. The lowest BCUT2D eigenvalue weighted by Gasteiger charge is -2.06. The Morgan fingerprint density at radius 3 is 2.60 bits per heavy atom. The number of imidazole rings is 1. The van der Waals surface area contributed by atoms with E-state index in [1.807, 2.05) is 18.4 Å². The minimum absolute atomic E-state index is 0.396. The van der Waals surface area contributed by atoms with E-state index >= 15 is 0 Å². The second-order valence-corrected chi connectivity index (χ2v) is 6.64. The van der Waals surface area contributed by atoms with Crippen LogP contribution in [0.3, 0.4) is 0 Å². The molecule has 0 aliphatic rings. The van der Waals surface area contributed by atoms with Crippen molar-refractivity contribution in [2.45, 2.75) is 57.6 Å². The summed E-state index contributed by atoms with van der Waals surface area (Å²) in [6, 6.07) is 0. The first-order chi connectivity index (χ1) is 12.0. The van der Waals surface area contributed by atoms with Crippen LogP contribution in [0.15, 0.2) is 14.7 Å². The van der Waals surface area contributed by atoms with E-state index in [0.717, 1.165) is 24.5 Å². The molecule has 2 N–H and O–H groups in total. The third kappa shape index (κ3) is 3.39. The van der Waals surface area contributed by atoms with Crippen molar-refractivity contribution in [3.63, 3.8) is 0 Å². The van der Waals surface area contributed by atoms with Crippen LogP contribution in [0, 0.1) is 6.92 Å². The highest BCUT2D eigenvalue weighted by Gasteiger charge is 2.18. The summed E-state index contributed by atoms with van der Waals surface area (Å²) < 4.78 is 3.40. The molecule has 0 saturated carbocycles. The van der Waals surface area contributed by atoms with Gasteiger partial charge in [-0.2, -0.15) is 0 Å². The molecule has 0 saturated heterocycles. The highest BCUT2D eigenvalue weighted by molar-refractivity contribution is 7.98. The van der Waals surface area contributed by atoms with E-state index in [1.54, 1.807) is 4.57 Å². The molecule has 25 heavy (non-hydrogen) atoms. The van der Waals surface area contributed by atoms with Crippen molar-refractivity contribution in [2.24, 2.45) is 0 Å². The zero-order valence-electron chi connectivity index (χ0n) is 14.5. The van der Waals surface area contributed by atoms with Crippen LogP contribution in [0.2, 0.25) is 0 Å². The smallest absolute Gasteiger partial charge is 0.322 e. The number of thioether (sulfide) groups is 1. The van der Waals surface area contributed by atoms with Crippen LogP contribution in [0.25, 0.3) is 11.2 Å². The van der Waals surface area contributed by atoms with Gasteiger partial charge in [0.05, 0.1) is 5.75 Å². The number of hydrogen-bond acceptors (Lipinski definition) is 6. The topological polar surface area (TPSA) is 114 Å². The summed E-state index contributed by atoms with van der Waals surface area (Å²) in [5.74, 6) is 1.99. The normalized spacial score (nSPS) is 11.5. The Morgan fingerprint density at radius 1 is 1.16 bits per heavy atom. The lowest BCUT2D eigenvalue weighted by Crippen LogP contribution is -2.31. The van der Waals surface area contributed by atoms with Gasteiger partial charge in [-0.1, -0.05) is 25.1 Å². The molecular weight excluding hydrogens is 342 g/mol. The van der Waals surface area contributed by atoms with Crippen molar-refractivity contribution in [3.05, 3.63) is 32.5 Å². The summed E-state index contributed by atoms with van der Waals surface area (Å²) in [5, 5.41) is 7.53. The van der Waals surface area contributed by atoms with E-state index in [0.29, 0.717) is 35.2 Å². The molecule has 10 heteroatoms. The molecule has 0 aromatic carbocycles. The van der Waals surface area contributed by atoms with Crippen molar-refractivity contribution in [1.29, 1.82) is 0 Å². The van der Waals surface area contributed by atoms with Gasteiger partial charge in [0.2, 0.25) is 5.16 Å². The van der Waals surface area contributed by atoms with Crippen LogP contribution < -0.4 is 11.2 Å². The van der Waals surface area contributed by atoms with Gasteiger partial charge >= 0.3 is 5.69 Å². The summed E-state index contributed by atoms with van der Waals surface area (Å²) in [6.45, 7) is 6.97. The molecule has 9 nitrogen and oxygen atoms in total. The fourth-order valence-corrected chi connectivity index (χ4v) is 3.50. The maximum absolute atomic E-state index is 12.3. The minimum Gasteiger partial charge on any atom is -0.322 e. The number of unbranched alkanes of at least 4 members (excludes halogenated alkanes) is 1. The standard InChI is InChI=1S/C15H21N7O2S/c1-4-6-7-22-12-11(13(23)18-15(22)24)21(5-2)10(17-12)8-25-14-16-9(3)19-20-14/h4-8H2,1-3H3,(H,16,19,20)(H,18,23,24). The van der Waals surface area contributed by atoms with Gasteiger partial charge in [-0.3, -0.25) is 19.4 Å². The van der Waals surface area contributed by atoms with Gasteiger partial charge in [0.25, 0.3) is 5.56 Å². The predicted molar refractivity (Wildman–Crippen MR) is 95.9 cm³/mol. The van der Waals surface area contributed by atoms with Gasteiger partial charge in [-0.05, 0) is 20.3 Å². The number of nitrogens with zero attached hydrogens (tertiary/aromatic N) is 5. The first-order valence-electron chi connectivity index (χ1n) is 8.29. The van der Waals surface area contributed by atoms with Crippen LogP contribution in [0.5, 0.6) is 0 Å². The summed E-state index contributed by atoms with van der Waals surface area (Å²) in [6.07, 6.45) is 1.80. The van der Waals surface area contributed by atoms with E-state index in [9.17, 15) is 9.59 Å². The van der Waals surface area contributed by atoms with Crippen LogP contribution >= 0.6 is 11.8 Å². The third-order valence-corrected chi connectivity index (χ3v) is 4.77. The zero-order valence-corrected chi connectivity index (χ0v) is 15.3. The highest BCUT2D eigenvalue weighted by Crippen LogP contribution is 2.21. The van der Waals surface area contributed by atoms with E-state index < -0.39 is 11.2 Å². The number of H-pyrrole nitrogens is 2.